The summed E-state index contributed by atoms with van der Waals surface area (Å²) in [6.07, 6.45) is 1.66. The number of nitrogen functional groups attached to an aromatic ring is 1. The summed E-state index contributed by atoms with van der Waals surface area (Å²) in [6, 6.07) is 10.2. The SMILES string of the molecule is NNc1cc(COc2ccc(O)cc2)ccn1. The summed E-state index contributed by atoms with van der Waals surface area (Å²) >= 11 is 0. The molecule has 5 nitrogen and oxygen atoms in total. The molecule has 0 bridgehead atoms. The molecule has 1 heterocycles. The Morgan fingerprint density at radius 1 is 1.24 bits per heavy atom. The zero-order chi connectivity index (χ0) is 12.1. The van der Waals surface area contributed by atoms with E-state index in [2.05, 4.69) is 10.4 Å². The highest BCUT2D eigenvalue weighted by Crippen LogP contribution is 2.17. The molecule has 2 rings (SSSR count). The van der Waals surface area contributed by atoms with Crippen LogP contribution in [0.4, 0.5) is 5.82 Å². The fourth-order valence-electron chi connectivity index (χ4n) is 1.35. The number of pyridine rings is 1. The number of aromatic nitrogens is 1. The average Bonchev–Trinajstić information content (AvgIpc) is 2.38. The number of nitrogens with two attached hydrogens (primary N) is 1. The lowest BCUT2D eigenvalue weighted by molar-refractivity contribution is 0.305. The van der Waals surface area contributed by atoms with E-state index >= 15 is 0 Å². The Bertz CT molecular complexity index is 485. The van der Waals surface area contributed by atoms with Crippen molar-refractivity contribution in [1.82, 2.24) is 4.98 Å². The van der Waals surface area contributed by atoms with Gasteiger partial charge in [0.25, 0.3) is 0 Å². The van der Waals surface area contributed by atoms with E-state index in [9.17, 15) is 0 Å². The maximum Gasteiger partial charge on any atom is 0.140 e. The van der Waals surface area contributed by atoms with Crippen LogP contribution in [-0.4, -0.2) is 10.1 Å². The molecule has 5 heteroatoms. The van der Waals surface area contributed by atoms with E-state index in [-0.39, 0.29) is 5.75 Å². The fraction of sp³-hybridized carbons (Fsp3) is 0.0833. The Hall–Kier alpha value is -2.27. The Labute approximate surface area is 98.8 Å². The van der Waals surface area contributed by atoms with Gasteiger partial charge < -0.3 is 15.3 Å². The Kier molecular flexibility index (Phi) is 3.42. The van der Waals surface area contributed by atoms with Gasteiger partial charge in [-0.3, -0.25) is 0 Å². The minimum atomic E-state index is 0.218. The van der Waals surface area contributed by atoms with E-state index in [1.165, 1.54) is 0 Å². The second-order valence-electron chi connectivity index (χ2n) is 3.48. The molecule has 0 unspecified atom stereocenters. The normalized spacial score (nSPS) is 9.94. The van der Waals surface area contributed by atoms with Crippen molar-refractivity contribution in [2.24, 2.45) is 5.84 Å². The molecule has 1 aromatic heterocycles. The van der Waals surface area contributed by atoms with Crippen LogP contribution < -0.4 is 16.0 Å². The Morgan fingerprint density at radius 3 is 2.71 bits per heavy atom. The first-order chi connectivity index (χ1) is 8.28. The molecule has 0 atom stereocenters. The van der Waals surface area contributed by atoms with Gasteiger partial charge in [0.2, 0.25) is 0 Å². The number of phenols is 1. The van der Waals surface area contributed by atoms with Crippen molar-refractivity contribution in [3.63, 3.8) is 0 Å². The zero-order valence-electron chi connectivity index (χ0n) is 9.13. The van der Waals surface area contributed by atoms with Crippen LogP contribution in [0.3, 0.4) is 0 Å². The van der Waals surface area contributed by atoms with Gasteiger partial charge in [0, 0.05) is 6.20 Å². The van der Waals surface area contributed by atoms with Crippen molar-refractivity contribution in [1.29, 1.82) is 0 Å². The molecule has 4 N–H and O–H groups in total. The number of anilines is 1. The maximum absolute atomic E-state index is 9.12. The number of hydrogen-bond acceptors (Lipinski definition) is 5. The van der Waals surface area contributed by atoms with Crippen LogP contribution >= 0.6 is 0 Å². The molecule has 17 heavy (non-hydrogen) atoms. The van der Waals surface area contributed by atoms with E-state index in [1.54, 1.807) is 36.5 Å². The highest BCUT2D eigenvalue weighted by molar-refractivity contribution is 5.36. The fourth-order valence-corrected chi connectivity index (χ4v) is 1.35. The first-order valence-electron chi connectivity index (χ1n) is 5.11. The summed E-state index contributed by atoms with van der Waals surface area (Å²) in [5, 5.41) is 9.12. The number of benzene rings is 1. The molecule has 0 aliphatic carbocycles. The molecule has 1 aromatic carbocycles. The zero-order valence-corrected chi connectivity index (χ0v) is 9.13. The van der Waals surface area contributed by atoms with Crippen LogP contribution in [0, 0.1) is 0 Å². The van der Waals surface area contributed by atoms with E-state index in [0.717, 1.165) is 5.56 Å². The molecular formula is C12H13N3O2. The van der Waals surface area contributed by atoms with Crippen molar-refractivity contribution >= 4 is 5.82 Å². The van der Waals surface area contributed by atoms with E-state index in [0.29, 0.717) is 18.2 Å². The standard InChI is InChI=1S/C12H13N3O2/c13-15-12-7-9(5-6-14-12)8-17-11-3-1-10(16)2-4-11/h1-7,16H,8,13H2,(H,14,15). The summed E-state index contributed by atoms with van der Waals surface area (Å²) < 4.78 is 5.54. The molecule has 0 radical (unpaired) electrons. The molecular weight excluding hydrogens is 218 g/mol. The van der Waals surface area contributed by atoms with Crippen LogP contribution in [0.2, 0.25) is 0 Å². The smallest absolute Gasteiger partial charge is 0.140 e. The minimum Gasteiger partial charge on any atom is -0.508 e. The van der Waals surface area contributed by atoms with Gasteiger partial charge in [-0.1, -0.05) is 0 Å². The third-order valence-corrected chi connectivity index (χ3v) is 2.21. The molecule has 0 aliphatic heterocycles. The lowest BCUT2D eigenvalue weighted by atomic mass is 10.3. The lowest BCUT2D eigenvalue weighted by Crippen LogP contribution is -2.09. The van der Waals surface area contributed by atoms with E-state index in [1.807, 2.05) is 6.07 Å². The third-order valence-electron chi connectivity index (χ3n) is 2.21. The third kappa shape index (κ3) is 3.09. The molecule has 0 spiro atoms. The monoisotopic (exact) mass is 231 g/mol. The van der Waals surface area contributed by atoms with Gasteiger partial charge in [-0.05, 0) is 42.0 Å². The molecule has 2 aromatic rings. The lowest BCUT2D eigenvalue weighted by Gasteiger charge is -2.07. The second-order valence-corrected chi connectivity index (χ2v) is 3.48. The van der Waals surface area contributed by atoms with Crippen molar-refractivity contribution in [3.05, 3.63) is 48.2 Å². The number of hydrogen-bond donors (Lipinski definition) is 3. The molecule has 88 valence electrons. The minimum absolute atomic E-state index is 0.218. The van der Waals surface area contributed by atoms with Gasteiger partial charge in [0.15, 0.2) is 0 Å². The number of nitrogens with one attached hydrogen (secondary N) is 1. The molecule has 0 fully saturated rings. The van der Waals surface area contributed by atoms with Crippen molar-refractivity contribution in [2.75, 3.05) is 5.43 Å². The number of phenolic OH excluding ortho intramolecular Hbond substituents is 1. The van der Waals surface area contributed by atoms with Crippen LogP contribution in [0.5, 0.6) is 11.5 Å². The Morgan fingerprint density at radius 2 is 2.00 bits per heavy atom. The number of aromatic hydroxyl groups is 1. The largest absolute Gasteiger partial charge is 0.508 e. The predicted octanol–water partition coefficient (Wildman–Crippen LogP) is 1.65. The maximum atomic E-state index is 9.12. The highest BCUT2D eigenvalue weighted by atomic mass is 16.5. The van der Waals surface area contributed by atoms with Gasteiger partial charge in [-0.25, -0.2) is 10.8 Å². The summed E-state index contributed by atoms with van der Waals surface area (Å²) in [7, 11) is 0. The van der Waals surface area contributed by atoms with Gasteiger partial charge >= 0.3 is 0 Å². The van der Waals surface area contributed by atoms with Crippen LogP contribution in [0.15, 0.2) is 42.6 Å². The number of hydrazine groups is 1. The summed E-state index contributed by atoms with van der Waals surface area (Å²) in [6.45, 7) is 0.419. The number of ether oxygens (including phenoxy) is 1. The van der Waals surface area contributed by atoms with Gasteiger partial charge in [0.05, 0.1) is 0 Å². The Balaban J connectivity index is 1.99. The van der Waals surface area contributed by atoms with Gasteiger partial charge in [0.1, 0.15) is 23.9 Å². The first kappa shape index (κ1) is 11.2. The van der Waals surface area contributed by atoms with Crippen LogP contribution in [0.25, 0.3) is 0 Å². The number of rotatable bonds is 4. The van der Waals surface area contributed by atoms with Gasteiger partial charge in [-0.15, -0.1) is 0 Å². The van der Waals surface area contributed by atoms with Crippen molar-refractivity contribution in [3.8, 4) is 11.5 Å². The summed E-state index contributed by atoms with van der Waals surface area (Å²) in [5.74, 6) is 6.77. The van der Waals surface area contributed by atoms with E-state index in [4.69, 9.17) is 15.7 Å². The van der Waals surface area contributed by atoms with Crippen molar-refractivity contribution in [2.45, 2.75) is 6.61 Å². The molecule has 0 saturated carbocycles. The first-order valence-corrected chi connectivity index (χ1v) is 5.11. The van der Waals surface area contributed by atoms with E-state index < -0.39 is 0 Å². The molecule has 0 saturated heterocycles. The topological polar surface area (TPSA) is 80.4 Å². The molecule has 0 aliphatic rings. The predicted molar refractivity (Wildman–Crippen MR) is 64.5 cm³/mol. The van der Waals surface area contributed by atoms with Crippen LogP contribution in [-0.2, 0) is 6.61 Å². The van der Waals surface area contributed by atoms with Gasteiger partial charge in [-0.2, -0.15) is 0 Å². The summed E-state index contributed by atoms with van der Waals surface area (Å²) in [4.78, 5) is 4.00. The molecule has 0 amide bonds. The highest BCUT2D eigenvalue weighted by Gasteiger charge is 1.98. The van der Waals surface area contributed by atoms with Crippen molar-refractivity contribution < 1.29 is 9.84 Å². The second kappa shape index (κ2) is 5.18. The summed E-state index contributed by atoms with van der Waals surface area (Å²) in [5.41, 5.74) is 3.43. The van der Waals surface area contributed by atoms with Crippen LogP contribution in [0.1, 0.15) is 5.56 Å². The number of nitrogens with zero attached hydrogens (tertiary/aromatic N) is 1. The quantitative estimate of drug-likeness (QED) is 0.550. The average molecular weight is 231 g/mol.